The third-order valence-corrected chi connectivity index (χ3v) is 3.49. The normalized spacial score (nSPS) is 15.1. The SMILES string of the molecule is CC(C)N(C(=O)Cn1nnc2ccccc21)C1CC1. The van der Waals surface area contributed by atoms with Gasteiger partial charge in [-0.05, 0) is 38.8 Å². The summed E-state index contributed by atoms with van der Waals surface area (Å²) in [7, 11) is 0. The third-order valence-electron chi connectivity index (χ3n) is 3.49. The van der Waals surface area contributed by atoms with Crippen LogP contribution in [0, 0.1) is 0 Å². The molecule has 1 aromatic heterocycles. The maximum Gasteiger partial charge on any atom is 0.244 e. The molecule has 2 aromatic rings. The number of hydrogen-bond donors (Lipinski definition) is 0. The first-order chi connectivity index (χ1) is 9.16. The van der Waals surface area contributed by atoms with Crippen molar-refractivity contribution in [2.45, 2.75) is 45.3 Å². The van der Waals surface area contributed by atoms with Gasteiger partial charge in [-0.3, -0.25) is 4.79 Å². The number of aromatic nitrogens is 3. The summed E-state index contributed by atoms with van der Waals surface area (Å²) in [6.45, 7) is 4.40. The number of para-hydroxylation sites is 1. The van der Waals surface area contributed by atoms with E-state index in [1.54, 1.807) is 4.68 Å². The van der Waals surface area contributed by atoms with E-state index in [4.69, 9.17) is 0 Å². The minimum Gasteiger partial charge on any atom is -0.336 e. The molecule has 0 spiro atoms. The predicted molar refractivity (Wildman–Crippen MR) is 72.5 cm³/mol. The molecular formula is C14H18N4O. The van der Waals surface area contributed by atoms with Gasteiger partial charge in [0.25, 0.3) is 0 Å². The fourth-order valence-electron chi connectivity index (χ4n) is 2.51. The van der Waals surface area contributed by atoms with Gasteiger partial charge in [-0.1, -0.05) is 17.3 Å². The molecule has 0 N–H and O–H groups in total. The summed E-state index contributed by atoms with van der Waals surface area (Å²) >= 11 is 0. The Balaban J connectivity index is 1.82. The van der Waals surface area contributed by atoms with Gasteiger partial charge in [-0.25, -0.2) is 4.68 Å². The summed E-state index contributed by atoms with van der Waals surface area (Å²) in [4.78, 5) is 14.4. The second-order valence-corrected chi connectivity index (χ2v) is 5.36. The lowest BCUT2D eigenvalue weighted by atomic mass is 10.3. The Morgan fingerprint density at radius 1 is 1.42 bits per heavy atom. The minimum atomic E-state index is 0.133. The van der Waals surface area contributed by atoms with Gasteiger partial charge in [0.2, 0.25) is 5.91 Å². The Morgan fingerprint density at radius 2 is 2.16 bits per heavy atom. The predicted octanol–water partition coefficient (Wildman–Crippen LogP) is 1.83. The molecule has 0 radical (unpaired) electrons. The van der Waals surface area contributed by atoms with Gasteiger partial charge in [0.05, 0.1) is 5.52 Å². The van der Waals surface area contributed by atoms with E-state index in [9.17, 15) is 4.79 Å². The molecule has 100 valence electrons. The zero-order chi connectivity index (χ0) is 13.4. The van der Waals surface area contributed by atoms with E-state index in [0.29, 0.717) is 6.04 Å². The molecule has 0 bridgehead atoms. The summed E-state index contributed by atoms with van der Waals surface area (Å²) in [5.74, 6) is 0.133. The molecule has 5 heteroatoms. The van der Waals surface area contributed by atoms with Crippen molar-refractivity contribution in [2.24, 2.45) is 0 Å². The molecule has 19 heavy (non-hydrogen) atoms. The van der Waals surface area contributed by atoms with E-state index in [2.05, 4.69) is 24.2 Å². The lowest BCUT2D eigenvalue weighted by Gasteiger charge is -2.26. The third kappa shape index (κ3) is 2.32. The molecule has 3 rings (SSSR count). The fraction of sp³-hybridized carbons (Fsp3) is 0.500. The smallest absolute Gasteiger partial charge is 0.244 e. The van der Waals surface area contributed by atoms with Gasteiger partial charge in [0.1, 0.15) is 12.1 Å². The molecule has 0 atom stereocenters. The molecule has 1 aliphatic carbocycles. The van der Waals surface area contributed by atoms with Crippen LogP contribution in [-0.2, 0) is 11.3 Å². The first-order valence-corrected chi connectivity index (χ1v) is 6.76. The number of nitrogens with zero attached hydrogens (tertiary/aromatic N) is 4. The largest absolute Gasteiger partial charge is 0.336 e. The number of carbonyl (C=O) groups is 1. The number of amides is 1. The second kappa shape index (κ2) is 4.64. The van der Waals surface area contributed by atoms with Crippen molar-refractivity contribution in [1.29, 1.82) is 0 Å². The van der Waals surface area contributed by atoms with Crippen molar-refractivity contribution in [3.63, 3.8) is 0 Å². The number of fused-ring (bicyclic) bond motifs is 1. The lowest BCUT2D eigenvalue weighted by Crippen LogP contribution is -2.40. The average molecular weight is 258 g/mol. The van der Waals surface area contributed by atoms with Gasteiger partial charge in [0.15, 0.2) is 0 Å². The first kappa shape index (κ1) is 12.1. The van der Waals surface area contributed by atoms with Gasteiger partial charge in [-0.15, -0.1) is 5.10 Å². The zero-order valence-corrected chi connectivity index (χ0v) is 11.3. The molecule has 1 aromatic carbocycles. The van der Waals surface area contributed by atoms with Crippen LogP contribution in [0.3, 0.4) is 0 Å². The van der Waals surface area contributed by atoms with Crippen LogP contribution in [0.1, 0.15) is 26.7 Å². The van der Waals surface area contributed by atoms with Gasteiger partial charge >= 0.3 is 0 Å². The van der Waals surface area contributed by atoms with Crippen molar-refractivity contribution in [1.82, 2.24) is 19.9 Å². The van der Waals surface area contributed by atoms with E-state index < -0.39 is 0 Å². The highest BCUT2D eigenvalue weighted by Crippen LogP contribution is 2.29. The molecule has 1 amide bonds. The number of rotatable bonds is 4. The van der Waals surface area contributed by atoms with E-state index >= 15 is 0 Å². The maximum absolute atomic E-state index is 12.4. The van der Waals surface area contributed by atoms with Crippen LogP contribution < -0.4 is 0 Å². The molecule has 1 aliphatic rings. The quantitative estimate of drug-likeness (QED) is 0.840. The van der Waals surface area contributed by atoms with Crippen LogP contribution in [0.5, 0.6) is 0 Å². The molecule has 0 aliphatic heterocycles. The first-order valence-electron chi connectivity index (χ1n) is 6.76. The Kier molecular flexibility index (Phi) is 2.97. The van der Waals surface area contributed by atoms with Crippen molar-refractivity contribution < 1.29 is 4.79 Å². The van der Waals surface area contributed by atoms with Gasteiger partial charge in [-0.2, -0.15) is 0 Å². The van der Waals surface area contributed by atoms with Crippen LogP contribution in [0.4, 0.5) is 0 Å². The van der Waals surface area contributed by atoms with E-state index in [-0.39, 0.29) is 18.5 Å². The Morgan fingerprint density at radius 3 is 2.84 bits per heavy atom. The number of benzene rings is 1. The maximum atomic E-state index is 12.4. The summed E-state index contributed by atoms with van der Waals surface area (Å²) in [5, 5.41) is 8.15. The molecule has 1 fully saturated rings. The lowest BCUT2D eigenvalue weighted by molar-refractivity contribution is -0.134. The number of hydrogen-bond acceptors (Lipinski definition) is 3. The van der Waals surface area contributed by atoms with Crippen LogP contribution in [-0.4, -0.2) is 37.9 Å². The number of carbonyl (C=O) groups excluding carboxylic acids is 1. The Bertz CT molecular complexity index is 598. The van der Waals surface area contributed by atoms with Crippen molar-refractivity contribution in [3.8, 4) is 0 Å². The molecule has 5 nitrogen and oxygen atoms in total. The van der Waals surface area contributed by atoms with Gasteiger partial charge in [0, 0.05) is 12.1 Å². The zero-order valence-electron chi connectivity index (χ0n) is 11.3. The van der Waals surface area contributed by atoms with E-state index in [0.717, 1.165) is 23.9 Å². The van der Waals surface area contributed by atoms with Crippen molar-refractivity contribution in [3.05, 3.63) is 24.3 Å². The molecule has 1 saturated carbocycles. The van der Waals surface area contributed by atoms with E-state index in [1.807, 2.05) is 29.2 Å². The average Bonchev–Trinajstić information content (AvgIpc) is 3.11. The highest BCUT2D eigenvalue weighted by atomic mass is 16.2. The second-order valence-electron chi connectivity index (χ2n) is 5.36. The highest BCUT2D eigenvalue weighted by Gasteiger charge is 2.34. The standard InChI is InChI=1S/C14H18N4O/c1-10(2)18(11-7-8-11)14(19)9-17-13-6-4-3-5-12(13)15-16-17/h3-6,10-11H,7-9H2,1-2H3. The molecule has 1 heterocycles. The van der Waals surface area contributed by atoms with Crippen LogP contribution in [0.15, 0.2) is 24.3 Å². The summed E-state index contributed by atoms with van der Waals surface area (Å²) in [6, 6.07) is 8.39. The monoisotopic (exact) mass is 258 g/mol. The Hall–Kier alpha value is -1.91. The fourth-order valence-corrected chi connectivity index (χ4v) is 2.51. The molecule has 0 unspecified atom stereocenters. The molecular weight excluding hydrogens is 240 g/mol. The summed E-state index contributed by atoms with van der Waals surface area (Å²) < 4.78 is 1.69. The minimum absolute atomic E-state index is 0.133. The summed E-state index contributed by atoms with van der Waals surface area (Å²) in [5.41, 5.74) is 1.74. The van der Waals surface area contributed by atoms with Crippen molar-refractivity contribution in [2.75, 3.05) is 0 Å². The van der Waals surface area contributed by atoms with Crippen LogP contribution >= 0.6 is 0 Å². The molecule has 0 saturated heterocycles. The van der Waals surface area contributed by atoms with Crippen molar-refractivity contribution >= 4 is 16.9 Å². The van der Waals surface area contributed by atoms with Gasteiger partial charge < -0.3 is 4.90 Å². The van der Waals surface area contributed by atoms with Crippen LogP contribution in [0.2, 0.25) is 0 Å². The van der Waals surface area contributed by atoms with Crippen LogP contribution in [0.25, 0.3) is 11.0 Å². The highest BCUT2D eigenvalue weighted by molar-refractivity contribution is 5.80. The van der Waals surface area contributed by atoms with E-state index in [1.165, 1.54) is 0 Å². The summed E-state index contributed by atoms with van der Waals surface area (Å²) in [6.07, 6.45) is 2.25. The Labute approximate surface area is 112 Å². The topological polar surface area (TPSA) is 51.0 Å².